The Kier molecular flexibility index (Phi) is 3.81. The molecule has 4 heteroatoms. The first-order chi connectivity index (χ1) is 7.40. The lowest BCUT2D eigenvalue weighted by atomic mass is 9.96. The van der Waals surface area contributed by atoms with Crippen molar-refractivity contribution in [2.75, 3.05) is 7.11 Å². The number of carbonyl (C=O) groups is 1. The van der Waals surface area contributed by atoms with E-state index in [1.54, 1.807) is 6.92 Å². The van der Waals surface area contributed by atoms with Gasteiger partial charge < -0.3 is 9.84 Å². The number of benzene rings is 1. The summed E-state index contributed by atoms with van der Waals surface area (Å²) in [5.41, 5.74) is 2.50. The van der Waals surface area contributed by atoms with Crippen molar-refractivity contribution in [3.63, 3.8) is 0 Å². The first-order valence-electron chi connectivity index (χ1n) is 4.96. The van der Waals surface area contributed by atoms with Gasteiger partial charge in [-0.05, 0) is 31.9 Å². The zero-order chi connectivity index (χ0) is 12.5. The number of hydrogen-bond acceptors (Lipinski definition) is 2. The normalized spacial score (nSPS) is 12.3. The van der Waals surface area contributed by atoms with Gasteiger partial charge in [0.2, 0.25) is 0 Å². The van der Waals surface area contributed by atoms with Crippen molar-refractivity contribution in [1.82, 2.24) is 0 Å². The summed E-state index contributed by atoms with van der Waals surface area (Å²) < 4.78 is 5.19. The zero-order valence-corrected chi connectivity index (χ0v) is 10.6. The van der Waals surface area contributed by atoms with Crippen molar-refractivity contribution in [3.05, 3.63) is 27.8 Å². The monoisotopic (exact) mass is 242 g/mol. The number of ether oxygens (including phenoxy) is 1. The molecule has 0 aromatic heterocycles. The van der Waals surface area contributed by atoms with E-state index in [9.17, 15) is 4.79 Å². The summed E-state index contributed by atoms with van der Waals surface area (Å²) in [4.78, 5) is 11.0. The Hall–Kier alpha value is -1.22. The van der Waals surface area contributed by atoms with Crippen LogP contribution >= 0.6 is 11.6 Å². The van der Waals surface area contributed by atoms with Crippen LogP contribution in [-0.4, -0.2) is 18.2 Å². The molecule has 0 aliphatic heterocycles. The average molecular weight is 243 g/mol. The van der Waals surface area contributed by atoms with E-state index in [2.05, 4.69) is 0 Å². The maximum atomic E-state index is 11.0. The minimum Gasteiger partial charge on any atom is -0.495 e. The molecule has 0 spiro atoms. The van der Waals surface area contributed by atoms with E-state index in [0.717, 1.165) is 11.1 Å². The topological polar surface area (TPSA) is 46.5 Å². The van der Waals surface area contributed by atoms with Crippen molar-refractivity contribution in [2.45, 2.75) is 26.7 Å². The van der Waals surface area contributed by atoms with Gasteiger partial charge in [-0.15, -0.1) is 0 Å². The second kappa shape index (κ2) is 4.74. The Morgan fingerprint density at radius 1 is 1.50 bits per heavy atom. The van der Waals surface area contributed by atoms with Crippen LogP contribution < -0.4 is 4.74 Å². The molecule has 0 aliphatic carbocycles. The van der Waals surface area contributed by atoms with Crippen LogP contribution in [0.2, 0.25) is 5.02 Å². The molecular formula is C12H15ClO3. The van der Waals surface area contributed by atoms with Crippen LogP contribution in [0.4, 0.5) is 0 Å². The Labute approximate surface area is 100.0 Å². The Balaban J connectivity index is 3.44. The zero-order valence-electron chi connectivity index (χ0n) is 9.80. The van der Waals surface area contributed by atoms with Gasteiger partial charge in [-0.2, -0.15) is 0 Å². The number of carboxylic acid groups (broad SMARTS) is 1. The van der Waals surface area contributed by atoms with Crippen LogP contribution in [0.3, 0.4) is 0 Å². The molecule has 16 heavy (non-hydrogen) atoms. The van der Waals surface area contributed by atoms with Gasteiger partial charge in [0.05, 0.1) is 18.1 Å². The molecule has 0 bridgehead atoms. The molecule has 0 radical (unpaired) electrons. The highest BCUT2D eigenvalue weighted by Gasteiger charge is 2.22. The maximum Gasteiger partial charge on any atom is 0.310 e. The van der Waals surface area contributed by atoms with Crippen molar-refractivity contribution < 1.29 is 14.6 Å². The number of aliphatic carboxylic acids is 1. The van der Waals surface area contributed by atoms with Gasteiger partial charge in [0.15, 0.2) is 0 Å². The van der Waals surface area contributed by atoms with E-state index in [4.69, 9.17) is 21.4 Å². The van der Waals surface area contributed by atoms with E-state index < -0.39 is 11.9 Å². The van der Waals surface area contributed by atoms with E-state index in [0.29, 0.717) is 16.3 Å². The Morgan fingerprint density at radius 2 is 2.06 bits per heavy atom. The largest absolute Gasteiger partial charge is 0.495 e. The van der Waals surface area contributed by atoms with E-state index >= 15 is 0 Å². The third-order valence-corrected chi connectivity index (χ3v) is 3.25. The molecule has 1 rings (SSSR count). The van der Waals surface area contributed by atoms with Crippen molar-refractivity contribution in [3.8, 4) is 5.75 Å². The molecular weight excluding hydrogens is 228 g/mol. The van der Waals surface area contributed by atoms with Crippen molar-refractivity contribution >= 4 is 17.6 Å². The van der Waals surface area contributed by atoms with E-state index in [1.807, 2.05) is 19.9 Å². The minimum atomic E-state index is -0.891. The second-order valence-corrected chi connectivity index (χ2v) is 4.19. The fourth-order valence-corrected chi connectivity index (χ4v) is 1.87. The van der Waals surface area contributed by atoms with Crippen LogP contribution in [0.15, 0.2) is 6.07 Å². The molecule has 0 saturated carbocycles. The Morgan fingerprint density at radius 3 is 2.50 bits per heavy atom. The van der Waals surface area contributed by atoms with Gasteiger partial charge in [-0.25, -0.2) is 0 Å². The van der Waals surface area contributed by atoms with Gasteiger partial charge in [-0.1, -0.05) is 17.7 Å². The van der Waals surface area contributed by atoms with Crippen LogP contribution in [0.5, 0.6) is 5.75 Å². The fraction of sp³-hybridized carbons (Fsp3) is 0.417. The average Bonchev–Trinajstić information content (AvgIpc) is 2.24. The van der Waals surface area contributed by atoms with Crippen LogP contribution in [-0.2, 0) is 4.79 Å². The standard InChI is InChI=1S/C12H15ClO3/c1-6-5-9(8(3)12(14)15)11(16-4)10(13)7(6)2/h5,8H,1-4H3,(H,14,15). The highest BCUT2D eigenvalue weighted by atomic mass is 35.5. The number of rotatable bonds is 3. The summed E-state index contributed by atoms with van der Waals surface area (Å²) >= 11 is 6.13. The smallest absolute Gasteiger partial charge is 0.310 e. The molecule has 0 heterocycles. The molecule has 1 N–H and O–H groups in total. The molecule has 0 fully saturated rings. The third kappa shape index (κ3) is 2.14. The quantitative estimate of drug-likeness (QED) is 0.886. The molecule has 1 unspecified atom stereocenters. The summed E-state index contributed by atoms with van der Waals surface area (Å²) in [6.45, 7) is 5.40. The molecule has 88 valence electrons. The summed E-state index contributed by atoms with van der Waals surface area (Å²) in [6, 6.07) is 1.82. The summed E-state index contributed by atoms with van der Waals surface area (Å²) in [7, 11) is 1.49. The van der Waals surface area contributed by atoms with E-state index in [-0.39, 0.29) is 0 Å². The van der Waals surface area contributed by atoms with Gasteiger partial charge in [-0.3, -0.25) is 4.79 Å². The number of methoxy groups -OCH3 is 1. The number of hydrogen-bond donors (Lipinski definition) is 1. The van der Waals surface area contributed by atoms with Crippen molar-refractivity contribution in [1.29, 1.82) is 0 Å². The summed E-state index contributed by atoms with van der Waals surface area (Å²) in [5, 5.41) is 9.50. The molecule has 3 nitrogen and oxygen atoms in total. The first-order valence-corrected chi connectivity index (χ1v) is 5.34. The van der Waals surface area contributed by atoms with Crippen molar-refractivity contribution in [2.24, 2.45) is 0 Å². The van der Waals surface area contributed by atoms with Gasteiger partial charge in [0.25, 0.3) is 0 Å². The predicted molar refractivity (Wildman–Crippen MR) is 63.5 cm³/mol. The van der Waals surface area contributed by atoms with Gasteiger partial charge in [0.1, 0.15) is 5.75 Å². The number of carboxylic acids is 1. The summed E-state index contributed by atoms with van der Waals surface area (Å²) in [6.07, 6.45) is 0. The third-order valence-electron chi connectivity index (χ3n) is 2.80. The lowest BCUT2D eigenvalue weighted by Crippen LogP contribution is -2.10. The SMILES string of the molecule is COc1c(C(C)C(=O)O)cc(C)c(C)c1Cl. The maximum absolute atomic E-state index is 11.0. The lowest BCUT2D eigenvalue weighted by Gasteiger charge is -2.16. The highest BCUT2D eigenvalue weighted by molar-refractivity contribution is 6.33. The molecule has 0 amide bonds. The van der Waals surface area contributed by atoms with E-state index in [1.165, 1.54) is 7.11 Å². The van der Waals surface area contributed by atoms with Crippen LogP contribution in [0.25, 0.3) is 0 Å². The second-order valence-electron chi connectivity index (χ2n) is 3.81. The van der Waals surface area contributed by atoms with Crippen LogP contribution in [0.1, 0.15) is 29.5 Å². The highest BCUT2D eigenvalue weighted by Crippen LogP contribution is 2.37. The van der Waals surface area contributed by atoms with Gasteiger partial charge >= 0.3 is 5.97 Å². The molecule has 0 saturated heterocycles. The Bertz CT molecular complexity index is 427. The molecule has 1 aromatic carbocycles. The first kappa shape index (κ1) is 12.8. The van der Waals surface area contributed by atoms with Crippen LogP contribution in [0, 0.1) is 13.8 Å². The number of halogens is 1. The molecule has 0 aliphatic rings. The fourth-order valence-electron chi connectivity index (χ4n) is 1.54. The summed E-state index contributed by atoms with van der Waals surface area (Å²) in [5.74, 6) is -1.07. The molecule has 1 atom stereocenters. The number of aryl methyl sites for hydroxylation is 1. The molecule has 1 aromatic rings. The lowest BCUT2D eigenvalue weighted by molar-refractivity contribution is -0.138. The predicted octanol–water partition coefficient (Wildman–Crippen LogP) is 3.15. The minimum absolute atomic E-state index is 0.458. The van der Waals surface area contributed by atoms with Gasteiger partial charge in [0, 0.05) is 5.56 Å².